The Morgan fingerprint density at radius 1 is 1.29 bits per heavy atom. The number of guanidine groups is 1. The molecule has 1 unspecified atom stereocenters. The first kappa shape index (κ1) is 17.7. The standard InChI is InChI=1S/C16H27N3OS/c1-5-17-16(19-12-14(3)21-4)18-10-11-20-15-8-6-13(2)7-9-15/h6-9,14H,5,10-12H2,1-4H3,(H2,17,18,19). The van der Waals surface area contributed by atoms with Gasteiger partial charge in [-0.3, -0.25) is 4.99 Å². The van der Waals surface area contributed by atoms with Gasteiger partial charge in [-0.05, 0) is 32.2 Å². The molecule has 0 bridgehead atoms. The molecule has 1 rings (SSSR count). The summed E-state index contributed by atoms with van der Waals surface area (Å²) in [6, 6.07) is 8.10. The second-order valence-corrected chi connectivity index (χ2v) is 6.13. The molecular weight excluding hydrogens is 282 g/mol. The molecule has 0 amide bonds. The number of ether oxygens (including phenoxy) is 1. The summed E-state index contributed by atoms with van der Waals surface area (Å²) in [5, 5.41) is 7.06. The first-order valence-electron chi connectivity index (χ1n) is 7.40. The van der Waals surface area contributed by atoms with Gasteiger partial charge in [-0.15, -0.1) is 0 Å². The average Bonchev–Trinajstić information content (AvgIpc) is 2.50. The quantitative estimate of drug-likeness (QED) is 0.440. The van der Waals surface area contributed by atoms with Crippen molar-refractivity contribution in [3.05, 3.63) is 29.8 Å². The van der Waals surface area contributed by atoms with Gasteiger partial charge in [0, 0.05) is 11.8 Å². The van der Waals surface area contributed by atoms with Crippen molar-refractivity contribution in [3.63, 3.8) is 0 Å². The van der Waals surface area contributed by atoms with Gasteiger partial charge in [0.1, 0.15) is 12.4 Å². The normalized spacial score (nSPS) is 12.9. The number of nitrogens with one attached hydrogen (secondary N) is 2. The molecule has 0 aromatic heterocycles. The molecule has 21 heavy (non-hydrogen) atoms. The van der Waals surface area contributed by atoms with Crippen molar-refractivity contribution >= 4 is 17.7 Å². The number of aryl methyl sites for hydroxylation is 1. The molecule has 0 aliphatic carbocycles. The maximum absolute atomic E-state index is 5.69. The number of hydrogen-bond donors (Lipinski definition) is 2. The first-order valence-corrected chi connectivity index (χ1v) is 8.69. The van der Waals surface area contributed by atoms with Crippen molar-refractivity contribution in [3.8, 4) is 5.75 Å². The summed E-state index contributed by atoms with van der Waals surface area (Å²) in [6.07, 6.45) is 2.11. The predicted octanol–water partition coefficient (Wildman–Crippen LogP) is 2.68. The Kier molecular flexibility index (Phi) is 8.74. The molecule has 5 heteroatoms. The number of benzene rings is 1. The minimum atomic E-state index is 0.532. The molecule has 1 aromatic rings. The lowest BCUT2D eigenvalue weighted by molar-refractivity contribution is 0.322. The van der Waals surface area contributed by atoms with E-state index in [0.717, 1.165) is 31.3 Å². The van der Waals surface area contributed by atoms with E-state index >= 15 is 0 Å². The monoisotopic (exact) mass is 309 g/mol. The topological polar surface area (TPSA) is 45.7 Å². The Balaban J connectivity index is 2.31. The van der Waals surface area contributed by atoms with E-state index in [1.807, 2.05) is 23.9 Å². The van der Waals surface area contributed by atoms with Crippen molar-refractivity contribution in [1.82, 2.24) is 10.6 Å². The number of thioether (sulfide) groups is 1. The predicted molar refractivity (Wildman–Crippen MR) is 93.6 cm³/mol. The van der Waals surface area contributed by atoms with Crippen molar-refractivity contribution in [2.24, 2.45) is 4.99 Å². The van der Waals surface area contributed by atoms with Crippen LogP contribution >= 0.6 is 11.8 Å². The van der Waals surface area contributed by atoms with Gasteiger partial charge in [-0.1, -0.05) is 24.6 Å². The minimum absolute atomic E-state index is 0.532. The number of aliphatic imine (C=N–C) groups is 1. The number of hydrogen-bond acceptors (Lipinski definition) is 3. The van der Waals surface area contributed by atoms with Gasteiger partial charge in [-0.25, -0.2) is 0 Å². The Bertz CT molecular complexity index is 420. The number of nitrogens with zero attached hydrogens (tertiary/aromatic N) is 1. The minimum Gasteiger partial charge on any atom is -0.492 e. The van der Waals surface area contributed by atoms with Crippen LogP contribution in [0.4, 0.5) is 0 Å². The summed E-state index contributed by atoms with van der Waals surface area (Å²) in [6.45, 7) is 9.34. The van der Waals surface area contributed by atoms with Gasteiger partial charge in [0.25, 0.3) is 0 Å². The maximum Gasteiger partial charge on any atom is 0.191 e. The van der Waals surface area contributed by atoms with Crippen molar-refractivity contribution < 1.29 is 4.74 Å². The van der Waals surface area contributed by atoms with Gasteiger partial charge in [0.2, 0.25) is 0 Å². The third-order valence-corrected chi connectivity index (χ3v) is 3.89. The highest BCUT2D eigenvalue weighted by molar-refractivity contribution is 7.99. The third-order valence-electron chi connectivity index (χ3n) is 2.94. The lowest BCUT2D eigenvalue weighted by Crippen LogP contribution is -2.39. The van der Waals surface area contributed by atoms with E-state index in [-0.39, 0.29) is 0 Å². The van der Waals surface area contributed by atoms with Crippen molar-refractivity contribution in [2.45, 2.75) is 26.0 Å². The SMILES string of the molecule is CCNC(=NCC(C)SC)NCCOc1ccc(C)cc1. The van der Waals surface area contributed by atoms with Crippen LogP contribution in [0.25, 0.3) is 0 Å². The molecule has 0 fully saturated rings. The highest BCUT2D eigenvalue weighted by Gasteiger charge is 2.00. The molecule has 4 nitrogen and oxygen atoms in total. The van der Waals surface area contributed by atoms with E-state index in [9.17, 15) is 0 Å². The van der Waals surface area contributed by atoms with Gasteiger partial charge < -0.3 is 15.4 Å². The molecule has 1 atom stereocenters. The lowest BCUT2D eigenvalue weighted by atomic mass is 10.2. The second-order valence-electron chi connectivity index (χ2n) is 4.85. The number of rotatable bonds is 8. The van der Waals surface area contributed by atoms with Crippen LogP contribution in [0.3, 0.4) is 0 Å². The van der Waals surface area contributed by atoms with Gasteiger partial charge in [-0.2, -0.15) is 11.8 Å². The van der Waals surface area contributed by atoms with Crippen LogP contribution in [0, 0.1) is 6.92 Å². The summed E-state index contributed by atoms with van der Waals surface area (Å²) in [5.41, 5.74) is 1.24. The van der Waals surface area contributed by atoms with Crippen LogP contribution in [0.15, 0.2) is 29.3 Å². The summed E-state index contributed by atoms with van der Waals surface area (Å²) in [7, 11) is 0. The van der Waals surface area contributed by atoms with Gasteiger partial charge in [0.05, 0.1) is 13.1 Å². The molecule has 118 valence electrons. The third kappa shape index (κ3) is 7.85. The molecule has 0 aliphatic rings. The Labute approximate surface area is 132 Å². The second kappa shape index (κ2) is 10.4. The van der Waals surface area contributed by atoms with Crippen LogP contribution in [-0.4, -0.2) is 43.7 Å². The fraction of sp³-hybridized carbons (Fsp3) is 0.562. The van der Waals surface area contributed by atoms with Crippen molar-refractivity contribution in [2.75, 3.05) is 32.5 Å². The average molecular weight is 309 g/mol. The summed E-state index contributed by atoms with van der Waals surface area (Å²) >= 11 is 1.82. The first-order chi connectivity index (χ1) is 10.2. The summed E-state index contributed by atoms with van der Waals surface area (Å²) < 4.78 is 5.69. The molecule has 1 aromatic carbocycles. The van der Waals surface area contributed by atoms with Gasteiger partial charge >= 0.3 is 0 Å². The van der Waals surface area contributed by atoms with E-state index < -0.39 is 0 Å². The fourth-order valence-electron chi connectivity index (χ4n) is 1.61. The molecule has 0 heterocycles. The summed E-state index contributed by atoms with van der Waals surface area (Å²) in [4.78, 5) is 4.56. The Hall–Kier alpha value is -1.36. The zero-order chi connectivity index (χ0) is 15.5. The molecule has 2 N–H and O–H groups in total. The largest absolute Gasteiger partial charge is 0.492 e. The van der Waals surface area contributed by atoms with E-state index in [4.69, 9.17) is 4.74 Å². The molecular formula is C16H27N3OS. The molecule has 0 spiro atoms. The Morgan fingerprint density at radius 3 is 2.62 bits per heavy atom. The smallest absolute Gasteiger partial charge is 0.191 e. The molecule has 0 saturated carbocycles. The van der Waals surface area contributed by atoms with Crippen molar-refractivity contribution in [1.29, 1.82) is 0 Å². The van der Waals surface area contributed by atoms with E-state index in [1.165, 1.54) is 5.56 Å². The molecule has 0 radical (unpaired) electrons. The Morgan fingerprint density at radius 2 is 2.00 bits per heavy atom. The van der Waals surface area contributed by atoms with E-state index in [1.54, 1.807) is 0 Å². The zero-order valence-corrected chi connectivity index (χ0v) is 14.3. The van der Waals surface area contributed by atoms with Crippen LogP contribution in [0.1, 0.15) is 19.4 Å². The van der Waals surface area contributed by atoms with Crippen LogP contribution < -0.4 is 15.4 Å². The van der Waals surface area contributed by atoms with E-state index in [2.05, 4.69) is 54.8 Å². The van der Waals surface area contributed by atoms with E-state index in [0.29, 0.717) is 11.9 Å². The summed E-state index contributed by atoms with van der Waals surface area (Å²) in [5.74, 6) is 1.76. The van der Waals surface area contributed by atoms with Crippen LogP contribution in [0.5, 0.6) is 5.75 Å². The van der Waals surface area contributed by atoms with Crippen LogP contribution in [-0.2, 0) is 0 Å². The highest BCUT2D eigenvalue weighted by atomic mass is 32.2. The lowest BCUT2D eigenvalue weighted by Gasteiger charge is -2.13. The molecule has 0 aliphatic heterocycles. The highest BCUT2D eigenvalue weighted by Crippen LogP contribution is 2.10. The maximum atomic E-state index is 5.69. The molecule has 0 saturated heterocycles. The zero-order valence-electron chi connectivity index (χ0n) is 13.5. The van der Waals surface area contributed by atoms with Crippen LogP contribution in [0.2, 0.25) is 0 Å². The van der Waals surface area contributed by atoms with Gasteiger partial charge in [0.15, 0.2) is 5.96 Å². The fourth-order valence-corrected chi connectivity index (χ4v) is 1.83.